The molecular formula is C12H20N4O2. The third kappa shape index (κ3) is 2.94. The Kier molecular flexibility index (Phi) is 3.74. The number of carbonyl (C=O) groups excluding carboxylic acids is 1. The average molecular weight is 252 g/mol. The Hall–Kier alpha value is -1.72. The smallest absolute Gasteiger partial charge is 0.317 e. The molecule has 1 fully saturated rings. The van der Waals surface area contributed by atoms with Gasteiger partial charge in [-0.15, -0.1) is 0 Å². The van der Waals surface area contributed by atoms with Gasteiger partial charge in [0.25, 0.3) is 0 Å². The normalized spacial score (nSPS) is 16.2. The molecule has 6 heteroatoms. The zero-order valence-electron chi connectivity index (χ0n) is 11.1. The van der Waals surface area contributed by atoms with Gasteiger partial charge in [-0.25, -0.2) is 4.79 Å². The van der Waals surface area contributed by atoms with Gasteiger partial charge in [0.1, 0.15) is 5.76 Å². The maximum absolute atomic E-state index is 11.8. The zero-order chi connectivity index (χ0) is 13.1. The molecule has 2 heterocycles. The van der Waals surface area contributed by atoms with Crippen LogP contribution in [0.1, 0.15) is 19.6 Å². The first-order chi connectivity index (χ1) is 8.56. The van der Waals surface area contributed by atoms with E-state index in [0.29, 0.717) is 13.1 Å². The Morgan fingerprint density at radius 2 is 2.06 bits per heavy atom. The molecule has 0 radical (unpaired) electrons. The summed E-state index contributed by atoms with van der Waals surface area (Å²) in [6.45, 7) is 8.81. The molecule has 2 amide bonds. The third-order valence-corrected chi connectivity index (χ3v) is 2.92. The highest BCUT2D eigenvalue weighted by atomic mass is 16.5. The number of anilines is 1. The van der Waals surface area contributed by atoms with Crippen LogP contribution >= 0.6 is 0 Å². The quantitative estimate of drug-likeness (QED) is 0.859. The van der Waals surface area contributed by atoms with Gasteiger partial charge in [0.2, 0.25) is 0 Å². The van der Waals surface area contributed by atoms with Gasteiger partial charge < -0.3 is 19.6 Å². The standard InChI is InChI=1S/C12H20N4O2/c1-9(2)13-12(17)16-6-4-15(5-7-16)11-8-10(3)18-14-11/h8-9H,4-7H2,1-3H3,(H,13,17). The van der Waals surface area contributed by atoms with Crippen LogP contribution in [0.4, 0.5) is 10.6 Å². The van der Waals surface area contributed by atoms with E-state index in [4.69, 9.17) is 4.52 Å². The average Bonchev–Trinajstić information content (AvgIpc) is 2.75. The highest BCUT2D eigenvalue weighted by Crippen LogP contribution is 2.15. The molecule has 0 spiro atoms. The number of aromatic nitrogens is 1. The fourth-order valence-corrected chi connectivity index (χ4v) is 1.98. The van der Waals surface area contributed by atoms with E-state index in [-0.39, 0.29) is 12.1 Å². The monoisotopic (exact) mass is 252 g/mol. The molecule has 0 aliphatic carbocycles. The van der Waals surface area contributed by atoms with Crippen LogP contribution < -0.4 is 10.2 Å². The van der Waals surface area contributed by atoms with Gasteiger partial charge in [-0.3, -0.25) is 0 Å². The van der Waals surface area contributed by atoms with Crippen molar-refractivity contribution in [3.05, 3.63) is 11.8 Å². The van der Waals surface area contributed by atoms with Crippen molar-refractivity contribution in [2.24, 2.45) is 0 Å². The first-order valence-electron chi connectivity index (χ1n) is 6.30. The van der Waals surface area contributed by atoms with Crippen LogP contribution in [0.2, 0.25) is 0 Å². The molecule has 1 aliphatic rings. The molecule has 0 saturated carbocycles. The van der Waals surface area contributed by atoms with Gasteiger partial charge in [-0.1, -0.05) is 5.16 Å². The number of piperazine rings is 1. The second kappa shape index (κ2) is 5.29. The Morgan fingerprint density at radius 1 is 1.39 bits per heavy atom. The lowest BCUT2D eigenvalue weighted by atomic mass is 10.3. The van der Waals surface area contributed by atoms with E-state index in [1.54, 1.807) is 0 Å². The highest BCUT2D eigenvalue weighted by Gasteiger charge is 2.22. The topological polar surface area (TPSA) is 61.6 Å². The maximum atomic E-state index is 11.8. The molecule has 0 aromatic carbocycles. The second-order valence-corrected chi connectivity index (χ2v) is 4.87. The van der Waals surface area contributed by atoms with E-state index in [2.05, 4.69) is 15.4 Å². The fraction of sp³-hybridized carbons (Fsp3) is 0.667. The van der Waals surface area contributed by atoms with Gasteiger partial charge in [-0.05, 0) is 20.8 Å². The molecular weight excluding hydrogens is 232 g/mol. The minimum Gasteiger partial charge on any atom is -0.360 e. The van der Waals surface area contributed by atoms with Crippen molar-refractivity contribution in [1.82, 2.24) is 15.4 Å². The minimum atomic E-state index is 0.0148. The lowest BCUT2D eigenvalue weighted by molar-refractivity contribution is 0.191. The number of aryl methyl sites for hydroxylation is 1. The molecule has 2 rings (SSSR count). The molecule has 0 bridgehead atoms. The first-order valence-corrected chi connectivity index (χ1v) is 6.30. The number of nitrogens with zero attached hydrogens (tertiary/aromatic N) is 3. The first kappa shape index (κ1) is 12.7. The molecule has 1 saturated heterocycles. The van der Waals surface area contributed by atoms with Crippen molar-refractivity contribution in [1.29, 1.82) is 0 Å². The summed E-state index contributed by atoms with van der Waals surface area (Å²) in [6, 6.07) is 2.11. The number of amides is 2. The van der Waals surface area contributed by atoms with Gasteiger partial charge in [0, 0.05) is 38.3 Å². The Morgan fingerprint density at radius 3 is 2.56 bits per heavy atom. The minimum absolute atomic E-state index is 0.0148. The van der Waals surface area contributed by atoms with E-state index in [9.17, 15) is 4.79 Å². The third-order valence-electron chi connectivity index (χ3n) is 2.92. The number of hydrogen-bond acceptors (Lipinski definition) is 4. The molecule has 1 aromatic rings. The van der Waals surface area contributed by atoms with Crippen LogP contribution in [-0.4, -0.2) is 48.3 Å². The maximum Gasteiger partial charge on any atom is 0.317 e. The summed E-state index contributed by atoms with van der Waals surface area (Å²) in [7, 11) is 0. The summed E-state index contributed by atoms with van der Waals surface area (Å²) in [5, 5.41) is 6.90. The van der Waals surface area contributed by atoms with Crippen LogP contribution in [0.3, 0.4) is 0 Å². The van der Waals surface area contributed by atoms with Crippen LogP contribution in [0.25, 0.3) is 0 Å². The van der Waals surface area contributed by atoms with Crippen molar-refractivity contribution in [2.45, 2.75) is 26.8 Å². The summed E-state index contributed by atoms with van der Waals surface area (Å²) in [4.78, 5) is 15.8. The van der Waals surface area contributed by atoms with Gasteiger partial charge in [-0.2, -0.15) is 0 Å². The van der Waals surface area contributed by atoms with E-state index < -0.39 is 0 Å². The van der Waals surface area contributed by atoms with E-state index in [0.717, 1.165) is 24.7 Å². The predicted molar refractivity (Wildman–Crippen MR) is 68.7 cm³/mol. The Labute approximate surface area is 107 Å². The fourth-order valence-electron chi connectivity index (χ4n) is 1.98. The predicted octanol–water partition coefficient (Wildman–Crippen LogP) is 1.22. The van der Waals surface area contributed by atoms with Crippen molar-refractivity contribution >= 4 is 11.8 Å². The van der Waals surface area contributed by atoms with Crippen LogP contribution in [0.15, 0.2) is 10.6 Å². The molecule has 1 aliphatic heterocycles. The molecule has 1 N–H and O–H groups in total. The number of rotatable bonds is 2. The number of nitrogens with one attached hydrogen (secondary N) is 1. The van der Waals surface area contributed by atoms with Crippen molar-refractivity contribution in [3.8, 4) is 0 Å². The van der Waals surface area contributed by atoms with Gasteiger partial charge >= 0.3 is 6.03 Å². The van der Waals surface area contributed by atoms with E-state index in [1.165, 1.54) is 0 Å². The Bertz CT molecular complexity index is 408. The van der Waals surface area contributed by atoms with Gasteiger partial charge in [0.05, 0.1) is 0 Å². The molecule has 0 unspecified atom stereocenters. The zero-order valence-corrected chi connectivity index (χ0v) is 11.1. The number of hydrogen-bond donors (Lipinski definition) is 1. The van der Waals surface area contributed by atoms with Crippen molar-refractivity contribution < 1.29 is 9.32 Å². The highest BCUT2D eigenvalue weighted by molar-refractivity contribution is 5.74. The molecule has 6 nitrogen and oxygen atoms in total. The van der Waals surface area contributed by atoms with Crippen LogP contribution in [0, 0.1) is 6.92 Å². The van der Waals surface area contributed by atoms with Crippen molar-refractivity contribution in [2.75, 3.05) is 31.1 Å². The lowest BCUT2D eigenvalue weighted by Crippen LogP contribution is -2.53. The van der Waals surface area contributed by atoms with E-state index in [1.807, 2.05) is 31.7 Å². The molecule has 18 heavy (non-hydrogen) atoms. The lowest BCUT2D eigenvalue weighted by Gasteiger charge is -2.34. The molecule has 100 valence electrons. The van der Waals surface area contributed by atoms with Crippen LogP contribution in [-0.2, 0) is 0 Å². The van der Waals surface area contributed by atoms with E-state index >= 15 is 0 Å². The summed E-state index contributed by atoms with van der Waals surface area (Å²) in [5.74, 6) is 1.67. The number of urea groups is 1. The summed E-state index contributed by atoms with van der Waals surface area (Å²) in [6.07, 6.45) is 0. The summed E-state index contributed by atoms with van der Waals surface area (Å²) >= 11 is 0. The summed E-state index contributed by atoms with van der Waals surface area (Å²) < 4.78 is 5.06. The Balaban J connectivity index is 1.86. The second-order valence-electron chi connectivity index (χ2n) is 4.87. The summed E-state index contributed by atoms with van der Waals surface area (Å²) in [5.41, 5.74) is 0. The van der Waals surface area contributed by atoms with Gasteiger partial charge in [0.15, 0.2) is 5.82 Å². The molecule has 0 atom stereocenters. The number of carbonyl (C=O) groups is 1. The van der Waals surface area contributed by atoms with Crippen LogP contribution in [0.5, 0.6) is 0 Å². The SMILES string of the molecule is Cc1cc(N2CCN(C(=O)NC(C)C)CC2)no1. The largest absolute Gasteiger partial charge is 0.360 e. The van der Waals surface area contributed by atoms with Crippen molar-refractivity contribution in [3.63, 3.8) is 0 Å². The molecule has 1 aromatic heterocycles.